The lowest BCUT2D eigenvalue weighted by Crippen LogP contribution is -2.36. The minimum atomic E-state index is -4.57. The van der Waals surface area contributed by atoms with E-state index in [1.165, 1.54) is 12.5 Å². The molecule has 0 atom stereocenters. The maximum atomic E-state index is 14.2. The third kappa shape index (κ3) is 4.37. The summed E-state index contributed by atoms with van der Waals surface area (Å²) in [6.07, 6.45) is 1.61. The molecule has 0 radical (unpaired) electrons. The van der Waals surface area contributed by atoms with Crippen LogP contribution in [0.1, 0.15) is 66.2 Å². The fourth-order valence-corrected chi connectivity index (χ4v) is 4.30. The Bertz CT molecular complexity index is 948. The number of rotatable bonds is 3. The molecule has 8 heteroatoms. The van der Waals surface area contributed by atoms with E-state index in [-0.39, 0.29) is 17.7 Å². The number of benzene rings is 1. The van der Waals surface area contributed by atoms with Gasteiger partial charge in [0.2, 0.25) is 0 Å². The largest absolute Gasteiger partial charge is 0.416 e. The van der Waals surface area contributed by atoms with Crippen molar-refractivity contribution in [1.29, 1.82) is 0 Å². The van der Waals surface area contributed by atoms with Crippen molar-refractivity contribution in [2.45, 2.75) is 63.7 Å². The van der Waals surface area contributed by atoms with Gasteiger partial charge in [-0.25, -0.2) is 9.37 Å². The molecule has 156 valence electrons. The molecule has 1 aliphatic carbocycles. The van der Waals surface area contributed by atoms with Gasteiger partial charge >= 0.3 is 6.18 Å². The van der Waals surface area contributed by atoms with E-state index < -0.39 is 17.6 Å². The minimum absolute atomic E-state index is 0.146. The highest BCUT2D eigenvalue weighted by Gasteiger charge is 2.31. The molecule has 0 unspecified atom stereocenters. The Morgan fingerprint density at radius 1 is 1.17 bits per heavy atom. The number of nitrogens with zero attached hydrogens (tertiary/aromatic N) is 2. The summed E-state index contributed by atoms with van der Waals surface area (Å²) in [6, 6.07) is 2.58. The van der Waals surface area contributed by atoms with Gasteiger partial charge < -0.3 is 4.98 Å². The van der Waals surface area contributed by atoms with Crippen molar-refractivity contribution in [2.75, 3.05) is 6.54 Å². The molecular formula is C21H23F4N3O. The normalized spacial score (nSPS) is 18.6. The Kier molecular flexibility index (Phi) is 5.46. The second kappa shape index (κ2) is 7.89. The van der Waals surface area contributed by atoms with Crippen LogP contribution in [0.5, 0.6) is 0 Å². The summed E-state index contributed by atoms with van der Waals surface area (Å²) in [6.45, 7) is 1.03. The number of hydrogen-bond acceptors (Lipinski definition) is 3. The first-order valence-corrected chi connectivity index (χ1v) is 10.0. The summed E-state index contributed by atoms with van der Waals surface area (Å²) in [4.78, 5) is 22.1. The first-order chi connectivity index (χ1) is 13.8. The van der Waals surface area contributed by atoms with E-state index in [1.807, 2.05) is 4.90 Å². The number of fused-ring (bicyclic) bond motifs is 1. The Morgan fingerprint density at radius 2 is 1.93 bits per heavy atom. The molecule has 1 saturated carbocycles. The van der Waals surface area contributed by atoms with Gasteiger partial charge in [0.05, 0.1) is 16.8 Å². The predicted molar refractivity (Wildman–Crippen MR) is 99.9 cm³/mol. The fraction of sp³-hybridized carbons (Fsp3) is 0.524. The Balaban J connectivity index is 1.50. The summed E-state index contributed by atoms with van der Waals surface area (Å²) in [5.41, 5.74) is 0.387. The molecule has 29 heavy (non-hydrogen) atoms. The van der Waals surface area contributed by atoms with Gasteiger partial charge in [-0.2, -0.15) is 13.2 Å². The van der Waals surface area contributed by atoms with Crippen LogP contribution in [-0.4, -0.2) is 21.4 Å². The van der Waals surface area contributed by atoms with Crippen molar-refractivity contribution in [3.05, 3.63) is 62.6 Å². The van der Waals surface area contributed by atoms with Gasteiger partial charge in [0.15, 0.2) is 0 Å². The zero-order valence-corrected chi connectivity index (χ0v) is 16.0. The van der Waals surface area contributed by atoms with Crippen molar-refractivity contribution >= 4 is 0 Å². The van der Waals surface area contributed by atoms with Crippen molar-refractivity contribution in [2.24, 2.45) is 0 Å². The second-order valence-electron chi connectivity index (χ2n) is 7.98. The van der Waals surface area contributed by atoms with Crippen LogP contribution in [0.3, 0.4) is 0 Å². The highest BCUT2D eigenvalue weighted by atomic mass is 19.4. The topological polar surface area (TPSA) is 49.0 Å². The smallest absolute Gasteiger partial charge is 0.310 e. The van der Waals surface area contributed by atoms with E-state index in [0.29, 0.717) is 37.1 Å². The molecule has 1 aromatic heterocycles. The van der Waals surface area contributed by atoms with Crippen molar-refractivity contribution in [3.63, 3.8) is 0 Å². The van der Waals surface area contributed by atoms with Crippen LogP contribution in [0, 0.1) is 5.82 Å². The van der Waals surface area contributed by atoms with Crippen LogP contribution in [0.4, 0.5) is 17.6 Å². The molecule has 1 aromatic carbocycles. The van der Waals surface area contributed by atoms with Crippen LogP contribution < -0.4 is 5.56 Å². The van der Waals surface area contributed by atoms with Gasteiger partial charge in [-0.15, -0.1) is 0 Å². The number of nitrogens with one attached hydrogen (secondary N) is 1. The first kappa shape index (κ1) is 20.1. The van der Waals surface area contributed by atoms with E-state index in [2.05, 4.69) is 4.98 Å². The van der Waals surface area contributed by atoms with Crippen molar-refractivity contribution in [1.82, 2.24) is 14.9 Å². The van der Waals surface area contributed by atoms with Crippen LogP contribution in [0.2, 0.25) is 0 Å². The van der Waals surface area contributed by atoms with Gasteiger partial charge in [0.25, 0.3) is 5.56 Å². The maximum Gasteiger partial charge on any atom is 0.416 e. The lowest BCUT2D eigenvalue weighted by molar-refractivity contribution is -0.137. The molecule has 0 spiro atoms. The Hall–Kier alpha value is -2.22. The molecular weight excluding hydrogens is 386 g/mol. The summed E-state index contributed by atoms with van der Waals surface area (Å²) in [7, 11) is 0. The number of hydrogen-bond donors (Lipinski definition) is 1. The molecule has 0 bridgehead atoms. The molecule has 1 aliphatic heterocycles. The summed E-state index contributed by atoms with van der Waals surface area (Å²) < 4.78 is 52.3. The number of halogens is 4. The highest BCUT2D eigenvalue weighted by Crippen LogP contribution is 2.32. The monoisotopic (exact) mass is 409 g/mol. The Morgan fingerprint density at radius 3 is 2.62 bits per heavy atom. The summed E-state index contributed by atoms with van der Waals surface area (Å²) in [5, 5.41) is 0. The molecule has 2 aliphatic rings. The number of aromatic amines is 1. The maximum absolute atomic E-state index is 14.2. The van der Waals surface area contributed by atoms with Crippen molar-refractivity contribution < 1.29 is 17.6 Å². The third-order valence-corrected chi connectivity index (χ3v) is 5.93. The van der Waals surface area contributed by atoms with Gasteiger partial charge in [0.1, 0.15) is 11.6 Å². The zero-order valence-electron chi connectivity index (χ0n) is 16.0. The Labute approximate surface area is 166 Å². The standard InChI is InChI=1S/C21H23F4N3O/c22-17-10-15(21(23,24)25)7-6-14(17)11-28-9-8-18-16(12-28)20(29)27-19(26-18)13-4-2-1-3-5-13/h6-7,10,13H,1-5,8-9,11-12H2,(H,26,27,29). The van der Waals surface area contributed by atoms with E-state index in [4.69, 9.17) is 4.98 Å². The van der Waals surface area contributed by atoms with Crippen LogP contribution in [0.25, 0.3) is 0 Å². The summed E-state index contributed by atoms with van der Waals surface area (Å²) in [5.74, 6) is 0.196. The first-order valence-electron chi connectivity index (χ1n) is 10.0. The van der Waals surface area contributed by atoms with Gasteiger partial charge in [-0.1, -0.05) is 25.3 Å². The average molecular weight is 409 g/mol. The average Bonchev–Trinajstić information content (AvgIpc) is 2.69. The molecule has 2 heterocycles. The highest BCUT2D eigenvalue weighted by molar-refractivity contribution is 5.27. The zero-order chi connectivity index (χ0) is 20.6. The molecule has 1 N–H and O–H groups in total. The van der Waals surface area contributed by atoms with Crippen LogP contribution >= 0.6 is 0 Å². The number of aromatic nitrogens is 2. The SMILES string of the molecule is O=c1[nH]c(C2CCCCC2)nc2c1CN(Cc1ccc(C(F)(F)F)cc1F)CC2. The van der Waals surface area contributed by atoms with Crippen LogP contribution in [-0.2, 0) is 25.7 Å². The molecule has 0 saturated heterocycles. The number of H-pyrrole nitrogens is 1. The molecule has 4 nitrogen and oxygen atoms in total. The van der Waals surface area contributed by atoms with Gasteiger partial charge in [-0.05, 0) is 25.0 Å². The predicted octanol–water partition coefficient (Wildman–Crippen LogP) is 4.53. The van der Waals surface area contributed by atoms with E-state index >= 15 is 0 Å². The lowest BCUT2D eigenvalue weighted by atomic mass is 9.88. The number of alkyl halides is 3. The molecule has 2 aromatic rings. The summed E-state index contributed by atoms with van der Waals surface area (Å²) >= 11 is 0. The fourth-order valence-electron chi connectivity index (χ4n) is 4.30. The van der Waals surface area contributed by atoms with Crippen molar-refractivity contribution in [3.8, 4) is 0 Å². The quantitative estimate of drug-likeness (QED) is 0.758. The van der Waals surface area contributed by atoms with Crippen LogP contribution in [0.15, 0.2) is 23.0 Å². The molecule has 4 rings (SSSR count). The van der Waals surface area contributed by atoms with E-state index in [1.54, 1.807) is 0 Å². The molecule has 1 fully saturated rings. The van der Waals surface area contributed by atoms with E-state index in [9.17, 15) is 22.4 Å². The van der Waals surface area contributed by atoms with Gasteiger partial charge in [0, 0.05) is 37.5 Å². The lowest BCUT2D eigenvalue weighted by Gasteiger charge is -2.29. The van der Waals surface area contributed by atoms with Gasteiger partial charge in [-0.3, -0.25) is 9.69 Å². The minimum Gasteiger partial charge on any atom is -0.310 e. The molecule has 0 amide bonds. The second-order valence-corrected chi connectivity index (χ2v) is 7.98. The third-order valence-electron chi connectivity index (χ3n) is 5.93. The van der Waals surface area contributed by atoms with E-state index in [0.717, 1.165) is 43.3 Å².